The van der Waals surface area contributed by atoms with Gasteiger partial charge in [0.05, 0.1) is 5.56 Å². The Labute approximate surface area is 174 Å². The molecule has 0 unspecified atom stereocenters. The average Bonchev–Trinajstić information content (AvgIpc) is 3.01. The van der Waals surface area contributed by atoms with Crippen molar-refractivity contribution >= 4 is 22.6 Å². The molecule has 3 aromatic rings. The zero-order valence-corrected chi connectivity index (χ0v) is 17.2. The standard InChI is InChI=1S/C22H24N4O2S/c1-16-23-22(29-24-16)26-11-5-10-25(12-13-26)21(28)19-15-18(8-9-20(19)27)14-17-6-3-2-4-7-17/h2-4,6-9,15,27H,5,10-14H2,1H3. The van der Waals surface area contributed by atoms with E-state index in [1.807, 2.05) is 42.2 Å². The van der Waals surface area contributed by atoms with Gasteiger partial charge in [-0.2, -0.15) is 4.37 Å². The van der Waals surface area contributed by atoms with E-state index >= 15 is 0 Å². The summed E-state index contributed by atoms with van der Waals surface area (Å²) in [6.07, 6.45) is 1.58. The van der Waals surface area contributed by atoms with E-state index in [-0.39, 0.29) is 11.7 Å². The predicted octanol–water partition coefficient (Wildman–Crippen LogP) is 3.50. The number of carbonyl (C=O) groups excluding carboxylic acids is 1. The van der Waals surface area contributed by atoms with E-state index in [1.54, 1.807) is 6.07 Å². The van der Waals surface area contributed by atoms with Gasteiger partial charge in [0.15, 0.2) is 0 Å². The molecule has 1 N–H and O–H groups in total. The molecule has 1 amide bonds. The summed E-state index contributed by atoms with van der Waals surface area (Å²) < 4.78 is 4.26. The largest absolute Gasteiger partial charge is 0.507 e. The zero-order valence-electron chi connectivity index (χ0n) is 16.4. The van der Waals surface area contributed by atoms with Gasteiger partial charge in [0.2, 0.25) is 5.13 Å². The molecule has 2 aromatic carbocycles. The first-order chi connectivity index (χ1) is 14.1. The number of hydrogen-bond donors (Lipinski definition) is 1. The quantitative estimate of drug-likeness (QED) is 0.716. The van der Waals surface area contributed by atoms with Gasteiger partial charge in [-0.1, -0.05) is 36.4 Å². The number of phenolic OH excluding ortho intramolecular Hbond substituents is 1. The van der Waals surface area contributed by atoms with Crippen LogP contribution in [0, 0.1) is 6.92 Å². The molecule has 1 aromatic heterocycles. The second-order valence-electron chi connectivity index (χ2n) is 7.27. The van der Waals surface area contributed by atoms with Crippen LogP contribution < -0.4 is 4.90 Å². The Bertz CT molecular complexity index is 989. The molecule has 6 nitrogen and oxygen atoms in total. The van der Waals surface area contributed by atoms with E-state index in [0.717, 1.165) is 35.9 Å². The average molecular weight is 409 g/mol. The van der Waals surface area contributed by atoms with Crippen molar-refractivity contribution in [2.24, 2.45) is 0 Å². The molecule has 0 spiro atoms. The Morgan fingerprint density at radius 2 is 1.90 bits per heavy atom. The van der Waals surface area contributed by atoms with Crippen molar-refractivity contribution in [1.82, 2.24) is 14.3 Å². The molecule has 7 heteroatoms. The van der Waals surface area contributed by atoms with E-state index in [2.05, 4.69) is 26.4 Å². The van der Waals surface area contributed by atoms with E-state index < -0.39 is 0 Å². The molecule has 29 heavy (non-hydrogen) atoms. The monoisotopic (exact) mass is 408 g/mol. The number of aromatic hydroxyl groups is 1. The lowest BCUT2D eigenvalue weighted by Crippen LogP contribution is -2.35. The number of nitrogens with zero attached hydrogens (tertiary/aromatic N) is 4. The number of carbonyl (C=O) groups is 1. The molecule has 0 bridgehead atoms. The number of phenols is 1. The number of rotatable bonds is 4. The molecule has 1 aliphatic heterocycles. The molecular formula is C22H24N4O2S. The second kappa shape index (κ2) is 8.61. The molecule has 0 atom stereocenters. The maximum absolute atomic E-state index is 13.1. The highest BCUT2D eigenvalue weighted by Gasteiger charge is 2.24. The Morgan fingerprint density at radius 3 is 2.66 bits per heavy atom. The molecule has 1 fully saturated rings. The SMILES string of the molecule is Cc1nsc(N2CCCN(C(=O)c3cc(Cc4ccccc4)ccc3O)CC2)n1. The van der Waals surface area contributed by atoms with Crippen molar-refractivity contribution < 1.29 is 9.90 Å². The Hall–Kier alpha value is -2.93. The van der Waals surface area contributed by atoms with E-state index in [4.69, 9.17) is 0 Å². The van der Waals surface area contributed by atoms with Crippen LogP contribution in [-0.4, -0.2) is 51.5 Å². The number of aryl methyl sites for hydroxylation is 1. The highest BCUT2D eigenvalue weighted by molar-refractivity contribution is 7.09. The van der Waals surface area contributed by atoms with Gasteiger partial charge in [0.25, 0.3) is 5.91 Å². The van der Waals surface area contributed by atoms with Crippen molar-refractivity contribution in [1.29, 1.82) is 0 Å². The van der Waals surface area contributed by atoms with Crippen LogP contribution in [0.25, 0.3) is 0 Å². The van der Waals surface area contributed by atoms with Gasteiger partial charge in [0, 0.05) is 37.7 Å². The molecule has 150 valence electrons. The smallest absolute Gasteiger partial charge is 0.257 e. The van der Waals surface area contributed by atoms with E-state index in [1.165, 1.54) is 17.1 Å². The van der Waals surface area contributed by atoms with Crippen LogP contribution in [0.3, 0.4) is 0 Å². The molecule has 0 saturated carbocycles. The fourth-order valence-electron chi connectivity index (χ4n) is 3.59. The lowest BCUT2D eigenvalue weighted by atomic mass is 10.0. The molecule has 2 heterocycles. The number of aromatic nitrogens is 2. The fraction of sp³-hybridized carbons (Fsp3) is 0.318. The van der Waals surface area contributed by atoms with Gasteiger partial charge in [-0.05, 0) is 43.0 Å². The van der Waals surface area contributed by atoms with E-state index in [0.29, 0.717) is 25.2 Å². The third-order valence-corrected chi connectivity index (χ3v) is 5.98. The van der Waals surface area contributed by atoms with Crippen LogP contribution in [0.1, 0.15) is 33.7 Å². The lowest BCUT2D eigenvalue weighted by Gasteiger charge is -2.22. The molecule has 4 rings (SSSR count). The Morgan fingerprint density at radius 1 is 1.07 bits per heavy atom. The normalized spacial score (nSPS) is 14.7. The third kappa shape index (κ3) is 4.56. The fourth-order valence-corrected chi connectivity index (χ4v) is 4.32. The zero-order chi connectivity index (χ0) is 20.2. The summed E-state index contributed by atoms with van der Waals surface area (Å²) in [7, 11) is 0. The minimum absolute atomic E-state index is 0.0349. The van der Waals surface area contributed by atoms with E-state index in [9.17, 15) is 9.90 Å². The van der Waals surface area contributed by atoms with Crippen LogP contribution in [0.5, 0.6) is 5.75 Å². The predicted molar refractivity (Wildman–Crippen MR) is 115 cm³/mol. The van der Waals surface area contributed by atoms with Crippen LogP contribution in [0.4, 0.5) is 5.13 Å². The minimum Gasteiger partial charge on any atom is -0.507 e. The summed E-state index contributed by atoms with van der Waals surface area (Å²) in [5.41, 5.74) is 2.56. The van der Waals surface area contributed by atoms with Gasteiger partial charge < -0.3 is 14.9 Å². The first-order valence-corrected chi connectivity index (χ1v) is 10.6. The molecular weight excluding hydrogens is 384 g/mol. The number of hydrogen-bond acceptors (Lipinski definition) is 6. The first-order valence-electron chi connectivity index (χ1n) is 9.80. The van der Waals surface area contributed by atoms with Gasteiger partial charge in [-0.15, -0.1) is 0 Å². The van der Waals surface area contributed by atoms with Crippen LogP contribution in [0.2, 0.25) is 0 Å². The summed E-state index contributed by atoms with van der Waals surface area (Å²) in [6, 6.07) is 15.4. The third-order valence-electron chi connectivity index (χ3n) is 5.11. The van der Waals surface area contributed by atoms with Crippen molar-refractivity contribution in [3.05, 3.63) is 71.0 Å². The van der Waals surface area contributed by atoms with Crippen molar-refractivity contribution in [3.63, 3.8) is 0 Å². The number of amides is 1. The van der Waals surface area contributed by atoms with Gasteiger partial charge in [-0.25, -0.2) is 4.98 Å². The summed E-state index contributed by atoms with van der Waals surface area (Å²) in [4.78, 5) is 21.6. The van der Waals surface area contributed by atoms with Crippen LogP contribution >= 0.6 is 11.5 Å². The van der Waals surface area contributed by atoms with Gasteiger partial charge in [0.1, 0.15) is 11.6 Å². The second-order valence-corrected chi connectivity index (χ2v) is 8.00. The molecule has 0 radical (unpaired) electrons. The Kier molecular flexibility index (Phi) is 5.76. The van der Waals surface area contributed by atoms with Gasteiger partial charge in [-0.3, -0.25) is 4.79 Å². The maximum Gasteiger partial charge on any atom is 0.257 e. The number of benzene rings is 2. The molecule has 1 aliphatic rings. The highest BCUT2D eigenvalue weighted by atomic mass is 32.1. The number of anilines is 1. The van der Waals surface area contributed by atoms with Crippen LogP contribution in [-0.2, 0) is 6.42 Å². The topological polar surface area (TPSA) is 69.6 Å². The molecule has 1 saturated heterocycles. The van der Waals surface area contributed by atoms with Gasteiger partial charge >= 0.3 is 0 Å². The first kappa shape index (κ1) is 19.4. The van der Waals surface area contributed by atoms with Crippen LogP contribution in [0.15, 0.2) is 48.5 Å². The summed E-state index contributed by atoms with van der Waals surface area (Å²) in [5.74, 6) is 0.697. The van der Waals surface area contributed by atoms with Crippen molar-refractivity contribution in [2.45, 2.75) is 19.8 Å². The maximum atomic E-state index is 13.1. The summed E-state index contributed by atoms with van der Waals surface area (Å²) in [5, 5.41) is 11.2. The highest BCUT2D eigenvalue weighted by Crippen LogP contribution is 2.24. The summed E-state index contributed by atoms with van der Waals surface area (Å²) >= 11 is 1.40. The summed E-state index contributed by atoms with van der Waals surface area (Å²) in [6.45, 7) is 4.71. The minimum atomic E-state index is -0.118. The Balaban J connectivity index is 1.48. The van der Waals surface area contributed by atoms with Crippen molar-refractivity contribution in [3.8, 4) is 5.75 Å². The lowest BCUT2D eigenvalue weighted by molar-refractivity contribution is 0.0764. The van der Waals surface area contributed by atoms with Crippen molar-refractivity contribution in [2.75, 3.05) is 31.1 Å². The molecule has 0 aliphatic carbocycles.